The molecule has 2 aromatic rings. The highest BCUT2D eigenvalue weighted by atomic mass is 35.5. The zero-order valence-electron chi connectivity index (χ0n) is 8.69. The number of hydrogen-bond donors (Lipinski definition) is 0. The molecule has 0 radical (unpaired) electrons. The Morgan fingerprint density at radius 2 is 1.59 bits per heavy atom. The molecule has 0 spiro atoms. The molecule has 1 nitrogen and oxygen atoms in total. The van der Waals surface area contributed by atoms with Gasteiger partial charge in [-0.2, -0.15) is 0 Å². The third-order valence-electron chi connectivity index (χ3n) is 2.14. The van der Waals surface area contributed by atoms with Crippen LogP contribution < -0.4 is 0 Å². The Kier molecular flexibility index (Phi) is 4.11. The van der Waals surface area contributed by atoms with Gasteiger partial charge in [-0.05, 0) is 42.5 Å². The summed E-state index contributed by atoms with van der Waals surface area (Å²) in [6, 6.07) is 12.7. The number of hydrogen-bond acceptors (Lipinski definition) is 2. The number of carbonyl (C=O) groups is 1. The predicted octanol–water partition coefficient (Wildman–Crippen LogP) is 4.96. The molecule has 0 amide bonds. The monoisotopic (exact) mass is 282 g/mol. The smallest absolute Gasteiger partial charge is 0.151 e. The average molecular weight is 283 g/mol. The van der Waals surface area contributed by atoms with Crippen molar-refractivity contribution in [3.05, 3.63) is 58.1 Å². The quantitative estimate of drug-likeness (QED) is 0.741. The van der Waals surface area contributed by atoms with E-state index in [9.17, 15) is 4.79 Å². The first kappa shape index (κ1) is 12.5. The molecule has 86 valence electrons. The van der Waals surface area contributed by atoms with E-state index in [1.165, 1.54) is 11.8 Å². The number of rotatable bonds is 3. The maximum atomic E-state index is 10.9. The second-order valence-corrected chi connectivity index (χ2v) is 5.34. The van der Waals surface area contributed by atoms with Crippen LogP contribution in [-0.2, 0) is 0 Å². The summed E-state index contributed by atoms with van der Waals surface area (Å²) in [6.45, 7) is 0. The lowest BCUT2D eigenvalue weighted by atomic mass is 10.2. The standard InChI is InChI=1S/C13H8Cl2OS/c14-10-1-4-12(5-2-10)17-13-6-3-11(15)7-9(13)8-16/h1-8H. The summed E-state index contributed by atoms with van der Waals surface area (Å²) in [4.78, 5) is 12.8. The first-order chi connectivity index (χ1) is 8.19. The van der Waals surface area contributed by atoms with E-state index in [2.05, 4.69) is 0 Å². The molecule has 0 atom stereocenters. The summed E-state index contributed by atoms with van der Waals surface area (Å²) >= 11 is 13.2. The van der Waals surface area contributed by atoms with Crippen molar-refractivity contribution in [2.75, 3.05) is 0 Å². The molecule has 0 aliphatic rings. The SMILES string of the molecule is O=Cc1cc(Cl)ccc1Sc1ccc(Cl)cc1. The Hall–Kier alpha value is -0.960. The van der Waals surface area contributed by atoms with Crippen LogP contribution in [0.1, 0.15) is 10.4 Å². The van der Waals surface area contributed by atoms with Gasteiger partial charge in [-0.3, -0.25) is 4.79 Å². The summed E-state index contributed by atoms with van der Waals surface area (Å²) < 4.78 is 0. The zero-order valence-corrected chi connectivity index (χ0v) is 11.0. The maximum Gasteiger partial charge on any atom is 0.151 e. The van der Waals surface area contributed by atoms with Crippen LogP contribution in [0.2, 0.25) is 10.0 Å². The maximum absolute atomic E-state index is 10.9. The Morgan fingerprint density at radius 1 is 0.941 bits per heavy atom. The predicted molar refractivity (Wildman–Crippen MR) is 72.4 cm³/mol. The van der Waals surface area contributed by atoms with Gasteiger partial charge in [-0.25, -0.2) is 0 Å². The Balaban J connectivity index is 2.29. The summed E-state index contributed by atoms with van der Waals surface area (Å²) in [5, 5.41) is 1.26. The van der Waals surface area contributed by atoms with Gasteiger partial charge < -0.3 is 0 Å². The van der Waals surface area contributed by atoms with Crippen molar-refractivity contribution in [2.45, 2.75) is 9.79 Å². The molecule has 0 heterocycles. The van der Waals surface area contributed by atoms with E-state index in [0.717, 1.165) is 16.1 Å². The van der Waals surface area contributed by atoms with Crippen molar-refractivity contribution in [1.29, 1.82) is 0 Å². The summed E-state index contributed by atoms with van der Waals surface area (Å²) in [5.74, 6) is 0. The van der Waals surface area contributed by atoms with Crippen molar-refractivity contribution < 1.29 is 4.79 Å². The fourth-order valence-electron chi connectivity index (χ4n) is 1.33. The molecular weight excluding hydrogens is 275 g/mol. The van der Waals surface area contributed by atoms with Crippen molar-refractivity contribution in [1.82, 2.24) is 0 Å². The van der Waals surface area contributed by atoms with E-state index in [1.807, 2.05) is 30.3 Å². The van der Waals surface area contributed by atoms with Crippen LogP contribution >= 0.6 is 35.0 Å². The molecule has 0 aliphatic carbocycles. The molecule has 4 heteroatoms. The summed E-state index contributed by atoms with van der Waals surface area (Å²) in [7, 11) is 0. The van der Waals surface area contributed by atoms with Gasteiger partial charge in [0, 0.05) is 25.4 Å². The Labute approximate surface area is 114 Å². The van der Waals surface area contributed by atoms with E-state index in [1.54, 1.807) is 12.1 Å². The second-order valence-electron chi connectivity index (χ2n) is 3.36. The van der Waals surface area contributed by atoms with Gasteiger partial charge in [0.25, 0.3) is 0 Å². The van der Waals surface area contributed by atoms with Gasteiger partial charge in [0.2, 0.25) is 0 Å². The molecule has 0 fully saturated rings. The largest absolute Gasteiger partial charge is 0.298 e. The molecule has 17 heavy (non-hydrogen) atoms. The molecule has 0 bridgehead atoms. The van der Waals surface area contributed by atoms with E-state index in [0.29, 0.717) is 15.6 Å². The molecule has 0 aliphatic heterocycles. The lowest BCUT2D eigenvalue weighted by Gasteiger charge is -2.05. The van der Waals surface area contributed by atoms with E-state index < -0.39 is 0 Å². The van der Waals surface area contributed by atoms with Crippen molar-refractivity contribution in [2.24, 2.45) is 0 Å². The molecule has 0 N–H and O–H groups in total. The first-order valence-electron chi connectivity index (χ1n) is 4.87. The lowest BCUT2D eigenvalue weighted by molar-refractivity contribution is 0.112. The molecular formula is C13H8Cl2OS. The molecule has 0 saturated carbocycles. The summed E-state index contributed by atoms with van der Waals surface area (Å²) in [5.41, 5.74) is 0.595. The molecule has 2 aromatic carbocycles. The van der Waals surface area contributed by atoms with Gasteiger partial charge in [-0.15, -0.1) is 0 Å². The fourth-order valence-corrected chi connectivity index (χ4v) is 2.53. The third-order valence-corrected chi connectivity index (χ3v) is 3.73. The second kappa shape index (κ2) is 5.58. The first-order valence-corrected chi connectivity index (χ1v) is 6.44. The minimum absolute atomic E-state index is 0.563. The highest BCUT2D eigenvalue weighted by Gasteiger charge is 2.04. The lowest BCUT2D eigenvalue weighted by Crippen LogP contribution is -1.84. The highest BCUT2D eigenvalue weighted by Crippen LogP contribution is 2.31. The molecule has 2 rings (SSSR count). The number of halogens is 2. The van der Waals surface area contributed by atoms with Gasteiger partial charge in [0.1, 0.15) is 0 Å². The average Bonchev–Trinajstić information content (AvgIpc) is 2.34. The Bertz CT molecular complexity index is 538. The minimum Gasteiger partial charge on any atom is -0.298 e. The van der Waals surface area contributed by atoms with Crippen LogP contribution in [0.3, 0.4) is 0 Å². The third kappa shape index (κ3) is 3.25. The number of aldehydes is 1. The van der Waals surface area contributed by atoms with E-state index >= 15 is 0 Å². The minimum atomic E-state index is 0.563. The van der Waals surface area contributed by atoms with Crippen molar-refractivity contribution in [3.8, 4) is 0 Å². The van der Waals surface area contributed by atoms with E-state index in [-0.39, 0.29) is 0 Å². The van der Waals surface area contributed by atoms with Crippen LogP contribution in [-0.4, -0.2) is 6.29 Å². The number of carbonyl (C=O) groups excluding carboxylic acids is 1. The van der Waals surface area contributed by atoms with Crippen LogP contribution in [0.25, 0.3) is 0 Å². The normalized spacial score (nSPS) is 10.2. The van der Waals surface area contributed by atoms with Gasteiger partial charge >= 0.3 is 0 Å². The van der Waals surface area contributed by atoms with Gasteiger partial charge in [0.15, 0.2) is 6.29 Å². The van der Waals surface area contributed by atoms with Gasteiger partial charge in [-0.1, -0.05) is 35.0 Å². The molecule has 0 saturated heterocycles. The van der Waals surface area contributed by atoms with Crippen LogP contribution in [0.15, 0.2) is 52.3 Å². The molecule has 0 aromatic heterocycles. The highest BCUT2D eigenvalue weighted by molar-refractivity contribution is 7.99. The van der Waals surface area contributed by atoms with Crippen LogP contribution in [0.4, 0.5) is 0 Å². The fraction of sp³-hybridized carbons (Fsp3) is 0. The van der Waals surface area contributed by atoms with Crippen LogP contribution in [0.5, 0.6) is 0 Å². The molecule has 0 unspecified atom stereocenters. The van der Waals surface area contributed by atoms with Gasteiger partial charge in [0.05, 0.1) is 0 Å². The Morgan fingerprint density at radius 3 is 2.24 bits per heavy atom. The van der Waals surface area contributed by atoms with Crippen molar-refractivity contribution >= 4 is 41.2 Å². The summed E-state index contributed by atoms with van der Waals surface area (Å²) in [6.07, 6.45) is 0.810. The number of benzene rings is 2. The topological polar surface area (TPSA) is 17.1 Å². The van der Waals surface area contributed by atoms with Crippen LogP contribution in [0, 0.1) is 0 Å². The van der Waals surface area contributed by atoms with E-state index in [4.69, 9.17) is 23.2 Å². The van der Waals surface area contributed by atoms with Crippen molar-refractivity contribution in [3.63, 3.8) is 0 Å². The zero-order chi connectivity index (χ0) is 12.3.